The Hall–Kier alpha value is -1.68. The molecule has 0 aliphatic heterocycles. The molecule has 0 aromatic heterocycles. The Balaban J connectivity index is 2.11. The molecule has 2 aromatic carbocycles. The van der Waals surface area contributed by atoms with Gasteiger partial charge in [0.25, 0.3) is 0 Å². The molecule has 2 nitrogen and oxygen atoms in total. The Kier molecular flexibility index (Phi) is 4.90. The van der Waals surface area contributed by atoms with E-state index in [1.807, 2.05) is 24.3 Å². The van der Waals surface area contributed by atoms with Crippen LogP contribution >= 0.6 is 15.9 Å². The molecule has 0 aliphatic rings. The first kappa shape index (κ1) is 14.7. The first-order chi connectivity index (χ1) is 9.61. The third-order valence-corrected chi connectivity index (χ3v) is 3.89. The van der Waals surface area contributed by atoms with Crippen molar-refractivity contribution in [2.75, 3.05) is 7.11 Å². The highest BCUT2D eigenvalue weighted by Gasteiger charge is 2.12. The molecule has 0 radical (unpaired) electrons. The Morgan fingerprint density at radius 2 is 1.75 bits per heavy atom. The number of ketones is 1. The minimum absolute atomic E-state index is 0.0146. The molecular weight excluding hydrogens is 323 g/mol. The summed E-state index contributed by atoms with van der Waals surface area (Å²) in [4.78, 5) is 12.1. The summed E-state index contributed by atoms with van der Waals surface area (Å²) in [5.74, 6) is 0.354. The summed E-state index contributed by atoms with van der Waals surface area (Å²) in [7, 11) is 1.58. The van der Waals surface area contributed by atoms with Crippen LogP contribution in [0.2, 0.25) is 0 Å². The van der Waals surface area contributed by atoms with Gasteiger partial charge in [-0.3, -0.25) is 4.79 Å². The number of carbonyl (C=O) groups excluding carboxylic acids is 1. The van der Waals surface area contributed by atoms with Crippen molar-refractivity contribution in [1.29, 1.82) is 0 Å². The lowest BCUT2D eigenvalue weighted by Gasteiger charge is -2.08. The number of halogens is 2. The third-order valence-electron chi connectivity index (χ3n) is 3.00. The number of hydrogen-bond acceptors (Lipinski definition) is 2. The van der Waals surface area contributed by atoms with Gasteiger partial charge in [-0.2, -0.15) is 0 Å². The molecule has 0 N–H and O–H groups in total. The highest BCUT2D eigenvalue weighted by molar-refractivity contribution is 9.10. The maximum absolute atomic E-state index is 13.4. The van der Waals surface area contributed by atoms with Gasteiger partial charge in [0.1, 0.15) is 17.3 Å². The molecule has 0 bridgehead atoms. The topological polar surface area (TPSA) is 26.3 Å². The van der Waals surface area contributed by atoms with Gasteiger partial charge >= 0.3 is 0 Å². The van der Waals surface area contributed by atoms with Crippen LogP contribution in [0.5, 0.6) is 5.75 Å². The molecule has 2 aromatic rings. The average Bonchev–Trinajstić information content (AvgIpc) is 2.44. The number of para-hydroxylation sites is 1. The van der Waals surface area contributed by atoms with E-state index in [1.54, 1.807) is 19.2 Å². The summed E-state index contributed by atoms with van der Waals surface area (Å²) in [5, 5.41) is 0. The lowest BCUT2D eigenvalue weighted by molar-refractivity contribution is -0.117. The molecule has 0 unspecified atom stereocenters. The van der Waals surface area contributed by atoms with Crippen LogP contribution in [0.4, 0.5) is 4.39 Å². The van der Waals surface area contributed by atoms with Gasteiger partial charge in [0.15, 0.2) is 0 Å². The number of hydrogen-bond donors (Lipinski definition) is 0. The molecule has 0 heterocycles. The lowest BCUT2D eigenvalue weighted by atomic mass is 10.0. The fourth-order valence-electron chi connectivity index (χ4n) is 2.02. The van der Waals surface area contributed by atoms with Crippen LogP contribution < -0.4 is 4.74 Å². The number of carbonyl (C=O) groups is 1. The predicted molar refractivity (Wildman–Crippen MR) is 79.5 cm³/mol. The van der Waals surface area contributed by atoms with E-state index in [0.29, 0.717) is 15.8 Å². The van der Waals surface area contributed by atoms with Gasteiger partial charge in [-0.25, -0.2) is 4.39 Å². The smallest absolute Gasteiger partial charge is 0.141 e. The number of Topliss-reactive ketones (excluding diaryl/α,β-unsaturated/α-hetero) is 1. The molecule has 0 amide bonds. The summed E-state index contributed by atoms with van der Waals surface area (Å²) in [6.07, 6.45) is 0.462. The van der Waals surface area contributed by atoms with E-state index >= 15 is 0 Å². The van der Waals surface area contributed by atoms with Crippen molar-refractivity contribution in [1.82, 2.24) is 0 Å². The van der Waals surface area contributed by atoms with Gasteiger partial charge in [-0.1, -0.05) is 30.3 Å². The first-order valence-electron chi connectivity index (χ1n) is 6.18. The molecule has 104 valence electrons. The number of benzene rings is 2. The maximum Gasteiger partial charge on any atom is 0.141 e. The van der Waals surface area contributed by atoms with Gasteiger partial charge < -0.3 is 4.74 Å². The number of rotatable bonds is 5. The van der Waals surface area contributed by atoms with Crippen molar-refractivity contribution in [3.8, 4) is 5.75 Å². The highest BCUT2D eigenvalue weighted by Crippen LogP contribution is 2.23. The summed E-state index contributed by atoms with van der Waals surface area (Å²) >= 11 is 3.17. The maximum atomic E-state index is 13.4. The van der Waals surface area contributed by atoms with Gasteiger partial charge in [-0.05, 0) is 33.6 Å². The molecule has 0 spiro atoms. The fraction of sp³-hybridized carbons (Fsp3) is 0.188. The zero-order valence-corrected chi connectivity index (χ0v) is 12.6. The molecule has 0 aliphatic carbocycles. The standard InChI is InChI=1S/C16H14BrFO2/c1-20-15-8-3-2-5-11(15)9-13(19)10-12-6-4-7-14(18)16(12)17/h2-8H,9-10H2,1H3. The Labute approximate surface area is 125 Å². The fourth-order valence-corrected chi connectivity index (χ4v) is 2.43. The van der Waals surface area contributed by atoms with Gasteiger partial charge in [0, 0.05) is 18.4 Å². The number of methoxy groups -OCH3 is 1. The third kappa shape index (κ3) is 3.45. The lowest BCUT2D eigenvalue weighted by Crippen LogP contribution is -2.08. The van der Waals surface area contributed by atoms with E-state index in [1.165, 1.54) is 6.07 Å². The highest BCUT2D eigenvalue weighted by atomic mass is 79.9. The molecule has 2 rings (SSSR count). The summed E-state index contributed by atoms with van der Waals surface area (Å²) in [5.41, 5.74) is 1.50. The van der Waals surface area contributed by atoms with E-state index < -0.39 is 0 Å². The second kappa shape index (κ2) is 6.66. The Morgan fingerprint density at radius 3 is 2.50 bits per heavy atom. The SMILES string of the molecule is COc1ccccc1CC(=O)Cc1cccc(F)c1Br. The van der Waals surface area contributed by atoms with Crippen LogP contribution in [-0.2, 0) is 17.6 Å². The van der Waals surface area contributed by atoms with Gasteiger partial charge in [-0.15, -0.1) is 0 Å². The quantitative estimate of drug-likeness (QED) is 0.826. The van der Waals surface area contributed by atoms with E-state index in [0.717, 1.165) is 5.56 Å². The number of ether oxygens (including phenoxy) is 1. The van der Waals surface area contributed by atoms with Crippen LogP contribution in [0, 0.1) is 5.82 Å². The van der Waals surface area contributed by atoms with Crippen molar-refractivity contribution < 1.29 is 13.9 Å². The molecule has 4 heteroatoms. The zero-order chi connectivity index (χ0) is 14.5. The van der Waals surface area contributed by atoms with Crippen molar-refractivity contribution in [3.63, 3.8) is 0 Å². The summed E-state index contributed by atoms with van der Waals surface area (Å²) in [6.45, 7) is 0. The predicted octanol–water partition coefficient (Wildman–Crippen LogP) is 3.95. The van der Waals surface area contributed by atoms with Crippen LogP contribution in [0.1, 0.15) is 11.1 Å². The van der Waals surface area contributed by atoms with Crippen LogP contribution in [0.3, 0.4) is 0 Å². The average molecular weight is 337 g/mol. The minimum atomic E-state index is -0.354. The van der Waals surface area contributed by atoms with E-state index in [2.05, 4.69) is 15.9 Å². The van der Waals surface area contributed by atoms with Crippen molar-refractivity contribution in [2.45, 2.75) is 12.8 Å². The van der Waals surface area contributed by atoms with Crippen molar-refractivity contribution in [3.05, 3.63) is 63.9 Å². The molecule has 0 saturated heterocycles. The monoisotopic (exact) mass is 336 g/mol. The molecule has 0 atom stereocenters. The summed E-state index contributed by atoms with van der Waals surface area (Å²) < 4.78 is 19.0. The second-order valence-electron chi connectivity index (χ2n) is 4.42. The van der Waals surface area contributed by atoms with Gasteiger partial charge in [0.2, 0.25) is 0 Å². The Bertz CT molecular complexity index is 626. The zero-order valence-electron chi connectivity index (χ0n) is 11.0. The minimum Gasteiger partial charge on any atom is -0.496 e. The molecular formula is C16H14BrFO2. The summed E-state index contributed by atoms with van der Waals surface area (Å²) in [6, 6.07) is 12.1. The van der Waals surface area contributed by atoms with Crippen molar-refractivity contribution in [2.24, 2.45) is 0 Å². The van der Waals surface area contributed by atoms with E-state index in [9.17, 15) is 9.18 Å². The molecule has 20 heavy (non-hydrogen) atoms. The van der Waals surface area contributed by atoms with Crippen molar-refractivity contribution >= 4 is 21.7 Å². The first-order valence-corrected chi connectivity index (χ1v) is 6.97. The molecule has 0 fully saturated rings. The van der Waals surface area contributed by atoms with Crippen LogP contribution in [0.25, 0.3) is 0 Å². The molecule has 0 saturated carbocycles. The van der Waals surface area contributed by atoms with Crippen LogP contribution in [0.15, 0.2) is 46.9 Å². The normalized spacial score (nSPS) is 10.3. The van der Waals surface area contributed by atoms with Gasteiger partial charge in [0.05, 0.1) is 11.6 Å². The van der Waals surface area contributed by atoms with E-state index in [-0.39, 0.29) is 24.4 Å². The Morgan fingerprint density at radius 1 is 1.10 bits per heavy atom. The second-order valence-corrected chi connectivity index (χ2v) is 5.21. The largest absolute Gasteiger partial charge is 0.496 e. The van der Waals surface area contributed by atoms with E-state index in [4.69, 9.17) is 4.74 Å². The van der Waals surface area contributed by atoms with Crippen LogP contribution in [-0.4, -0.2) is 12.9 Å².